The molecule has 0 saturated heterocycles. The van der Waals surface area contributed by atoms with Crippen LogP contribution in [0.25, 0.3) is 11.7 Å². The van der Waals surface area contributed by atoms with Crippen molar-refractivity contribution in [3.63, 3.8) is 0 Å². The number of hydrogen-bond donors (Lipinski definition) is 2. The first-order valence-corrected chi connectivity index (χ1v) is 8.63. The number of aromatic hydroxyl groups is 1. The lowest BCUT2D eigenvalue weighted by Crippen LogP contribution is -2.36. The second kappa shape index (κ2) is 6.78. The minimum absolute atomic E-state index is 0.0565. The van der Waals surface area contributed by atoms with Crippen molar-refractivity contribution >= 4 is 23.9 Å². The molecule has 3 rings (SSSR count). The van der Waals surface area contributed by atoms with Crippen molar-refractivity contribution in [3.8, 4) is 5.88 Å². The topological polar surface area (TPSA) is 106 Å². The van der Waals surface area contributed by atoms with Gasteiger partial charge in [-0.3, -0.25) is 19.0 Å². The number of nitrogens with zero attached hydrogens (tertiary/aromatic N) is 3. The second-order valence-corrected chi connectivity index (χ2v) is 6.99. The Morgan fingerprint density at radius 2 is 2.12 bits per heavy atom. The van der Waals surface area contributed by atoms with Crippen LogP contribution in [0, 0.1) is 12.8 Å². The average Bonchev–Trinajstić information content (AvgIpc) is 3.31. The summed E-state index contributed by atoms with van der Waals surface area (Å²) in [5.74, 6) is -0.956. The number of aromatic nitrogens is 3. The van der Waals surface area contributed by atoms with Gasteiger partial charge in [-0.25, -0.2) is 0 Å². The van der Waals surface area contributed by atoms with Gasteiger partial charge in [0.2, 0.25) is 5.88 Å². The molecule has 1 amide bonds. The number of aldehydes is 1. The number of hydrogen-bond acceptors (Lipinski definition) is 5. The number of carbonyl (C=O) groups excluding carboxylic acids is 2. The highest BCUT2D eigenvalue weighted by Crippen LogP contribution is 2.25. The molecule has 138 valence electrons. The Balaban J connectivity index is 2.31. The summed E-state index contributed by atoms with van der Waals surface area (Å²) in [7, 11) is 0. The van der Waals surface area contributed by atoms with Crippen LogP contribution in [0.5, 0.6) is 5.88 Å². The first kappa shape index (κ1) is 17.9. The normalized spacial score (nSPS) is 14.5. The number of fused-ring (bicyclic) bond motifs is 1. The van der Waals surface area contributed by atoms with Gasteiger partial charge in [-0.1, -0.05) is 13.8 Å². The number of aryl methyl sites for hydroxylation is 1. The van der Waals surface area contributed by atoms with Crippen LogP contribution >= 0.6 is 0 Å². The summed E-state index contributed by atoms with van der Waals surface area (Å²) < 4.78 is 2.64. The Kier molecular flexibility index (Phi) is 4.67. The molecule has 0 aromatic carbocycles. The molecule has 2 heterocycles. The van der Waals surface area contributed by atoms with Crippen LogP contribution in [0.4, 0.5) is 0 Å². The van der Waals surface area contributed by atoms with Crippen molar-refractivity contribution in [3.05, 3.63) is 33.3 Å². The number of carbonyl (C=O) groups is 2. The van der Waals surface area contributed by atoms with E-state index in [9.17, 15) is 19.5 Å². The molecule has 2 N–H and O–H groups in total. The molecule has 0 aliphatic heterocycles. The molecule has 0 radical (unpaired) electrons. The minimum Gasteiger partial charge on any atom is -0.492 e. The van der Waals surface area contributed by atoms with Crippen LogP contribution in [-0.4, -0.2) is 37.5 Å². The Morgan fingerprint density at radius 1 is 1.42 bits per heavy atom. The van der Waals surface area contributed by atoms with Crippen molar-refractivity contribution in [1.29, 1.82) is 0 Å². The lowest BCUT2D eigenvalue weighted by atomic mass is 10.2. The van der Waals surface area contributed by atoms with Gasteiger partial charge in [-0.15, -0.1) is 0 Å². The molecule has 1 aliphatic rings. The maximum Gasteiger partial charge on any atom is 0.270 e. The monoisotopic (exact) mass is 358 g/mol. The van der Waals surface area contributed by atoms with Crippen LogP contribution in [0.2, 0.25) is 0 Å². The van der Waals surface area contributed by atoms with E-state index in [1.54, 1.807) is 13.0 Å². The molecule has 0 atom stereocenters. The zero-order valence-electron chi connectivity index (χ0n) is 15.0. The Bertz CT molecular complexity index is 964. The summed E-state index contributed by atoms with van der Waals surface area (Å²) in [6.45, 7) is 5.96. The van der Waals surface area contributed by atoms with Crippen LogP contribution < -0.4 is 10.9 Å². The van der Waals surface area contributed by atoms with Crippen LogP contribution in [-0.2, 0) is 11.3 Å². The van der Waals surface area contributed by atoms with E-state index in [-0.39, 0.29) is 17.5 Å². The number of allylic oxidation sites excluding steroid dienone is 1. The van der Waals surface area contributed by atoms with Gasteiger partial charge >= 0.3 is 0 Å². The van der Waals surface area contributed by atoms with Crippen LogP contribution in [0.3, 0.4) is 0 Å². The zero-order valence-corrected chi connectivity index (χ0v) is 15.0. The highest BCUT2D eigenvalue weighted by molar-refractivity contribution is 5.97. The Hall–Kier alpha value is -2.90. The van der Waals surface area contributed by atoms with E-state index >= 15 is 0 Å². The predicted molar refractivity (Wildman–Crippen MR) is 96.3 cm³/mol. The van der Waals surface area contributed by atoms with Gasteiger partial charge in [0, 0.05) is 18.2 Å². The lowest BCUT2D eigenvalue weighted by Gasteiger charge is -2.15. The van der Waals surface area contributed by atoms with Crippen molar-refractivity contribution in [2.24, 2.45) is 5.92 Å². The third-order valence-corrected chi connectivity index (χ3v) is 4.25. The number of amides is 1. The van der Waals surface area contributed by atoms with Gasteiger partial charge in [0.25, 0.3) is 11.5 Å². The molecule has 1 aliphatic carbocycles. The van der Waals surface area contributed by atoms with Gasteiger partial charge in [0.05, 0.1) is 5.69 Å². The SMILES string of the molecule is Cc1nn2c(O)c(C(=O)NC3CC3)c(=O)n(CC(C)C)c2c1/C=C/C=O. The molecule has 2 aromatic heterocycles. The highest BCUT2D eigenvalue weighted by Gasteiger charge is 2.30. The van der Waals surface area contributed by atoms with Gasteiger partial charge in [-0.05, 0) is 37.8 Å². The molecule has 8 nitrogen and oxygen atoms in total. The molecule has 0 spiro atoms. The average molecular weight is 358 g/mol. The van der Waals surface area contributed by atoms with Gasteiger partial charge in [-0.2, -0.15) is 9.61 Å². The third kappa shape index (κ3) is 3.14. The van der Waals surface area contributed by atoms with E-state index in [4.69, 9.17) is 0 Å². The predicted octanol–water partition coefficient (Wildman–Crippen LogP) is 1.27. The fraction of sp³-hybridized carbons (Fsp3) is 0.444. The molecule has 8 heteroatoms. The zero-order chi connectivity index (χ0) is 19.0. The maximum absolute atomic E-state index is 13.0. The van der Waals surface area contributed by atoms with E-state index in [0.717, 1.165) is 12.8 Å². The molecular formula is C18H22N4O4. The summed E-state index contributed by atoms with van der Waals surface area (Å²) in [6.07, 6.45) is 5.22. The lowest BCUT2D eigenvalue weighted by molar-refractivity contribution is -0.104. The Morgan fingerprint density at radius 3 is 2.69 bits per heavy atom. The van der Waals surface area contributed by atoms with E-state index in [0.29, 0.717) is 29.7 Å². The fourth-order valence-electron chi connectivity index (χ4n) is 2.92. The van der Waals surface area contributed by atoms with Crippen LogP contribution in [0.15, 0.2) is 10.9 Å². The van der Waals surface area contributed by atoms with Crippen molar-refractivity contribution < 1.29 is 14.7 Å². The quantitative estimate of drug-likeness (QED) is 0.597. The molecule has 1 saturated carbocycles. The molecule has 1 fully saturated rings. The summed E-state index contributed by atoms with van der Waals surface area (Å²) >= 11 is 0. The van der Waals surface area contributed by atoms with E-state index < -0.39 is 17.3 Å². The van der Waals surface area contributed by atoms with Gasteiger partial charge in [0.1, 0.15) is 11.9 Å². The molecular weight excluding hydrogens is 336 g/mol. The van der Waals surface area contributed by atoms with E-state index in [1.807, 2.05) is 13.8 Å². The third-order valence-electron chi connectivity index (χ3n) is 4.25. The summed E-state index contributed by atoms with van der Waals surface area (Å²) in [5.41, 5.74) is 0.579. The first-order valence-electron chi connectivity index (χ1n) is 8.63. The number of nitrogens with one attached hydrogen (secondary N) is 1. The summed E-state index contributed by atoms with van der Waals surface area (Å²) in [4.78, 5) is 36.2. The standard InChI is InChI=1S/C18H22N4O4/c1-10(2)9-21-16-13(5-4-8-23)11(3)20-22(16)18(26)14(17(21)25)15(24)19-12-6-7-12/h4-5,8,10,12,26H,6-7,9H2,1-3H3,(H,19,24)/b5-4+. The van der Waals surface area contributed by atoms with Gasteiger partial charge in [0.15, 0.2) is 5.56 Å². The van der Waals surface area contributed by atoms with Crippen molar-refractivity contribution in [2.75, 3.05) is 0 Å². The molecule has 2 aromatic rings. The van der Waals surface area contributed by atoms with Crippen LogP contribution in [0.1, 0.15) is 48.3 Å². The summed E-state index contributed by atoms with van der Waals surface area (Å²) in [5, 5.41) is 17.6. The molecule has 0 unspecified atom stereocenters. The van der Waals surface area contributed by atoms with E-state index in [2.05, 4.69) is 10.4 Å². The largest absolute Gasteiger partial charge is 0.492 e. The van der Waals surface area contributed by atoms with Gasteiger partial charge < -0.3 is 10.4 Å². The maximum atomic E-state index is 13.0. The Labute approximate surface area is 150 Å². The smallest absolute Gasteiger partial charge is 0.270 e. The van der Waals surface area contributed by atoms with Crippen molar-refractivity contribution in [2.45, 2.75) is 46.2 Å². The minimum atomic E-state index is -0.590. The number of rotatable bonds is 6. The second-order valence-electron chi connectivity index (χ2n) is 6.99. The van der Waals surface area contributed by atoms with Crippen molar-refractivity contribution in [1.82, 2.24) is 19.5 Å². The molecule has 0 bridgehead atoms. The molecule has 26 heavy (non-hydrogen) atoms. The highest BCUT2D eigenvalue weighted by atomic mass is 16.3. The van der Waals surface area contributed by atoms with E-state index in [1.165, 1.54) is 15.2 Å². The first-order chi connectivity index (χ1) is 12.3. The fourth-order valence-corrected chi connectivity index (χ4v) is 2.92. The summed E-state index contributed by atoms with van der Waals surface area (Å²) in [6, 6.07) is 0.0565.